The lowest BCUT2D eigenvalue weighted by atomic mass is 10.1. The molecule has 0 bridgehead atoms. The fraction of sp³-hybridized carbons (Fsp3) is 0.0968. The first-order valence-electron chi connectivity index (χ1n) is 12.1. The van der Waals surface area contributed by atoms with E-state index in [1.165, 1.54) is 4.90 Å². The van der Waals surface area contributed by atoms with Gasteiger partial charge in [0.1, 0.15) is 5.75 Å². The van der Waals surface area contributed by atoms with Gasteiger partial charge < -0.3 is 14.0 Å². The highest BCUT2D eigenvalue weighted by Gasteiger charge is 2.33. The van der Waals surface area contributed by atoms with Crippen LogP contribution in [-0.4, -0.2) is 34.2 Å². The number of aromatic nitrogens is 1. The third-order valence-electron chi connectivity index (χ3n) is 6.68. The van der Waals surface area contributed by atoms with Crippen LogP contribution in [0, 0.1) is 0 Å². The van der Waals surface area contributed by atoms with Gasteiger partial charge in [0, 0.05) is 23.0 Å². The van der Waals surface area contributed by atoms with E-state index >= 15 is 0 Å². The Bertz CT molecular complexity index is 1690. The molecule has 37 heavy (non-hydrogen) atoms. The molecule has 0 atom stereocenters. The van der Waals surface area contributed by atoms with Crippen molar-refractivity contribution >= 4 is 51.2 Å². The Hall–Kier alpha value is -4.42. The Labute approximate surface area is 220 Å². The van der Waals surface area contributed by atoms with E-state index in [1.807, 2.05) is 54.6 Å². The number of carbonyl (C=O) groups is 1. The Morgan fingerprint density at radius 1 is 0.865 bits per heavy atom. The fourth-order valence-electron chi connectivity index (χ4n) is 4.92. The molecule has 5 nitrogen and oxygen atoms in total. The molecule has 6 rings (SSSR count). The van der Waals surface area contributed by atoms with Crippen molar-refractivity contribution in [1.29, 1.82) is 0 Å². The number of hydrogen-bond donors (Lipinski definition) is 0. The van der Waals surface area contributed by atoms with Gasteiger partial charge in [0.05, 0.1) is 18.1 Å². The zero-order valence-corrected chi connectivity index (χ0v) is 21.1. The number of nitrogens with zero attached hydrogens (tertiary/aromatic N) is 2. The molecule has 1 aromatic heterocycles. The second kappa shape index (κ2) is 9.56. The summed E-state index contributed by atoms with van der Waals surface area (Å²) in [5, 5.41) is 2.43. The van der Waals surface area contributed by atoms with Crippen molar-refractivity contribution in [1.82, 2.24) is 9.47 Å². The van der Waals surface area contributed by atoms with Gasteiger partial charge in [-0.25, -0.2) is 0 Å². The molecule has 4 aromatic carbocycles. The molecule has 2 heterocycles. The zero-order valence-electron chi connectivity index (χ0n) is 20.3. The maximum absolute atomic E-state index is 13.2. The predicted octanol–water partition coefficient (Wildman–Crippen LogP) is 6.52. The number of thiocarbonyl (C=S) groups is 1. The van der Waals surface area contributed by atoms with E-state index in [0.717, 1.165) is 44.4 Å². The van der Waals surface area contributed by atoms with Crippen LogP contribution in [-0.2, 0) is 16.0 Å². The van der Waals surface area contributed by atoms with Crippen molar-refractivity contribution in [3.63, 3.8) is 0 Å². The smallest absolute Gasteiger partial charge is 0.297 e. The molecule has 6 heteroatoms. The summed E-state index contributed by atoms with van der Waals surface area (Å²) < 4.78 is 13.4. The van der Waals surface area contributed by atoms with Gasteiger partial charge in [-0.3, -0.25) is 9.69 Å². The van der Waals surface area contributed by atoms with Gasteiger partial charge in [-0.1, -0.05) is 60.7 Å². The number of para-hydroxylation sites is 3. The monoisotopic (exact) mass is 504 g/mol. The summed E-state index contributed by atoms with van der Waals surface area (Å²) in [4.78, 5) is 14.7. The maximum Gasteiger partial charge on any atom is 0.297 e. The molecule has 0 radical (unpaired) electrons. The van der Waals surface area contributed by atoms with Crippen LogP contribution in [0.5, 0.6) is 5.75 Å². The molecular weight excluding hydrogens is 480 g/mol. The Morgan fingerprint density at radius 3 is 2.43 bits per heavy atom. The largest absolute Gasteiger partial charge is 0.496 e. The quantitative estimate of drug-likeness (QED) is 0.195. The summed E-state index contributed by atoms with van der Waals surface area (Å²) in [5.74, 6) is 0.794. The highest BCUT2D eigenvalue weighted by molar-refractivity contribution is 7.80. The minimum atomic E-state index is -0.230. The van der Waals surface area contributed by atoms with E-state index in [0.29, 0.717) is 13.0 Å². The van der Waals surface area contributed by atoms with Gasteiger partial charge in [-0.2, -0.15) is 0 Å². The summed E-state index contributed by atoms with van der Waals surface area (Å²) in [7, 11) is 1.64. The molecule has 0 unspecified atom stereocenters. The summed E-state index contributed by atoms with van der Waals surface area (Å²) in [5.41, 5.74) is 5.22. The number of benzene rings is 4. The number of carbonyl (C=O) groups excluding carboxylic acids is 1. The molecule has 5 aromatic rings. The minimum absolute atomic E-state index is 0.174. The summed E-state index contributed by atoms with van der Waals surface area (Å²) in [6.07, 6.45) is 2.38. The van der Waals surface area contributed by atoms with E-state index in [2.05, 4.69) is 47.0 Å². The van der Waals surface area contributed by atoms with E-state index in [1.54, 1.807) is 13.2 Å². The van der Waals surface area contributed by atoms with Crippen LogP contribution >= 0.6 is 12.2 Å². The third kappa shape index (κ3) is 4.15. The van der Waals surface area contributed by atoms with Crippen molar-refractivity contribution in [2.45, 2.75) is 6.42 Å². The predicted molar refractivity (Wildman–Crippen MR) is 151 cm³/mol. The number of rotatable bonds is 6. The van der Waals surface area contributed by atoms with Crippen LogP contribution in [0.15, 0.2) is 103 Å². The number of amides is 1. The normalized spacial score (nSPS) is 14.6. The molecule has 0 aliphatic carbocycles. The average molecular weight is 505 g/mol. The summed E-state index contributed by atoms with van der Waals surface area (Å²) >= 11 is 5.39. The summed E-state index contributed by atoms with van der Waals surface area (Å²) in [6.45, 7) is 0.416. The number of ether oxygens (including phenoxy) is 2. The summed E-state index contributed by atoms with van der Waals surface area (Å²) in [6, 6.07) is 32.6. The molecule has 0 N–H and O–H groups in total. The van der Waals surface area contributed by atoms with Crippen LogP contribution in [0.4, 0.5) is 0 Å². The van der Waals surface area contributed by atoms with E-state index < -0.39 is 0 Å². The van der Waals surface area contributed by atoms with Crippen LogP contribution in [0.1, 0.15) is 11.1 Å². The van der Waals surface area contributed by atoms with E-state index in [9.17, 15) is 4.79 Å². The van der Waals surface area contributed by atoms with Crippen molar-refractivity contribution < 1.29 is 14.3 Å². The van der Waals surface area contributed by atoms with Crippen molar-refractivity contribution in [2.24, 2.45) is 0 Å². The van der Waals surface area contributed by atoms with Crippen LogP contribution in [0.25, 0.3) is 33.6 Å². The van der Waals surface area contributed by atoms with Crippen molar-refractivity contribution in [3.8, 4) is 11.4 Å². The molecule has 0 spiro atoms. The van der Waals surface area contributed by atoms with Crippen LogP contribution in [0.2, 0.25) is 0 Å². The molecule has 0 saturated carbocycles. The third-order valence-corrected chi connectivity index (χ3v) is 6.98. The molecule has 1 saturated heterocycles. The highest BCUT2D eigenvalue weighted by atomic mass is 32.1. The standard InChI is InChI=1S/C31H24N2O3S/c1-35-28-14-8-5-9-22(28)17-18-32-30(34)29(36-31(32)37)20-21-15-16-27-25(19-21)24-12-6-7-13-26(24)33(27)23-10-3-2-4-11-23/h2-16,19-20H,17-18H2,1H3/b29-20+. The first-order chi connectivity index (χ1) is 18.1. The molecule has 1 aliphatic rings. The average Bonchev–Trinajstić information content (AvgIpc) is 3.40. The van der Waals surface area contributed by atoms with Crippen molar-refractivity contribution in [2.75, 3.05) is 13.7 Å². The molecule has 1 amide bonds. The van der Waals surface area contributed by atoms with E-state index in [-0.39, 0.29) is 16.8 Å². The van der Waals surface area contributed by atoms with Gasteiger partial charge >= 0.3 is 0 Å². The minimum Gasteiger partial charge on any atom is -0.496 e. The maximum atomic E-state index is 13.2. The molecule has 1 fully saturated rings. The van der Waals surface area contributed by atoms with Gasteiger partial charge in [0.2, 0.25) is 0 Å². The van der Waals surface area contributed by atoms with Gasteiger partial charge in [0.15, 0.2) is 5.76 Å². The second-order valence-corrected chi connectivity index (χ2v) is 9.21. The fourth-order valence-corrected chi connectivity index (χ4v) is 5.19. The topological polar surface area (TPSA) is 43.7 Å². The SMILES string of the molecule is COc1ccccc1CCN1C(=O)/C(=C\c2ccc3c(c2)c2ccccc2n3-c2ccccc2)OC1=S. The van der Waals surface area contributed by atoms with Crippen LogP contribution in [0.3, 0.4) is 0 Å². The van der Waals surface area contributed by atoms with Crippen molar-refractivity contribution in [3.05, 3.63) is 114 Å². The molecule has 182 valence electrons. The van der Waals surface area contributed by atoms with Gasteiger partial charge in [0.25, 0.3) is 11.1 Å². The number of hydrogen-bond acceptors (Lipinski definition) is 4. The van der Waals surface area contributed by atoms with Gasteiger partial charge in [-0.15, -0.1) is 0 Å². The van der Waals surface area contributed by atoms with Crippen LogP contribution < -0.4 is 4.74 Å². The molecular formula is C31H24N2O3S. The lowest BCUT2D eigenvalue weighted by Gasteiger charge is -2.13. The van der Waals surface area contributed by atoms with Gasteiger partial charge in [-0.05, 0) is 72.2 Å². The number of methoxy groups -OCH3 is 1. The Morgan fingerprint density at radius 2 is 1.59 bits per heavy atom. The first kappa shape index (κ1) is 23.0. The Balaban J connectivity index is 1.32. The lowest BCUT2D eigenvalue weighted by Crippen LogP contribution is -2.30. The first-order valence-corrected chi connectivity index (χ1v) is 12.5. The second-order valence-electron chi connectivity index (χ2n) is 8.86. The van der Waals surface area contributed by atoms with E-state index in [4.69, 9.17) is 21.7 Å². The lowest BCUT2D eigenvalue weighted by molar-refractivity contribution is -0.122. The number of fused-ring (bicyclic) bond motifs is 3. The Kier molecular flexibility index (Phi) is 5.94. The molecule has 1 aliphatic heterocycles. The highest BCUT2D eigenvalue weighted by Crippen LogP contribution is 2.33. The zero-order chi connectivity index (χ0) is 25.4.